The molecule has 1 aliphatic heterocycles. The maximum atomic E-state index is 12.2. The summed E-state index contributed by atoms with van der Waals surface area (Å²) >= 11 is 0. The van der Waals surface area contributed by atoms with Crippen LogP contribution in [0.1, 0.15) is 46.5 Å². The van der Waals surface area contributed by atoms with Crippen LogP contribution in [0.3, 0.4) is 0 Å². The molecule has 134 valence electrons. The van der Waals surface area contributed by atoms with Gasteiger partial charge in [-0.05, 0) is 37.8 Å². The van der Waals surface area contributed by atoms with Gasteiger partial charge in [0, 0.05) is 18.4 Å². The molecule has 2 heterocycles. The lowest BCUT2D eigenvalue weighted by Gasteiger charge is -2.39. The zero-order valence-corrected chi connectivity index (χ0v) is 14.3. The predicted molar refractivity (Wildman–Crippen MR) is 93.9 cm³/mol. The number of ether oxygens (including phenoxy) is 1. The molecular weight excluding hydrogens is 332 g/mol. The van der Waals surface area contributed by atoms with Crippen molar-refractivity contribution < 1.29 is 14.3 Å². The van der Waals surface area contributed by atoms with Crippen molar-refractivity contribution in [2.75, 3.05) is 6.54 Å². The summed E-state index contributed by atoms with van der Waals surface area (Å²) < 4.78 is 6.28. The maximum absolute atomic E-state index is 12.2. The third-order valence-electron chi connectivity index (χ3n) is 5.06. The Morgan fingerprint density at radius 3 is 2.81 bits per heavy atom. The SMILES string of the molecule is O=C(NC1CCC2(CC1)CNC(=O)c1ccccc1O2)c1cnccn1. The van der Waals surface area contributed by atoms with Crippen LogP contribution < -0.4 is 15.4 Å². The molecule has 0 radical (unpaired) electrons. The highest BCUT2D eigenvalue weighted by atomic mass is 16.5. The molecule has 2 aromatic rings. The van der Waals surface area contributed by atoms with Gasteiger partial charge in [-0.1, -0.05) is 12.1 Å². The Morgan fingerprint density at radius 1 is 1.23 bits per heavy atom. The van der Waals surface area contributed by atoms with Crippen LogP contribution in [0.25, 0.3) is 0 Å². The third-order valence-corrected chi connectivity index (χ3v) is 5.06. The van der Waals surface area contributed by atoms with E-state index in [0.717, 1.165) is 25.7 Å². The number of nitrogens with one attached hydrogen (secondary N) is 2. The lowest BCUT2D eigenvalue weighted by molar-refractivity contribution is 0.0261. The van der Waals surface area contributed by atoms with Crippen molar-refractivity contribution >= 4 is 11.8 Å². The van der Waals surface area contributed by atoms with Gasteiger partial charge in [0.05, 0.1) is 18.3 Å². The lowest BCUT2D eigenvalue weighted by Crippen LogP contribution is -2.51. The Kier molecular flexibility index (Phi) is 4.28. The summed E-state index contributed by atoms with van der Waals surface area (Å²) in [5, 5.41) is 5.99. The smallest absolute Gasteiger partial charge is 0.271 e. The number of amides is 2. The molecule has 2 aliphatic rings. The van der Waals surface area contributed by atoms with Gasteiger partial charge in [-0.3, -0.25) is 14.6 Å². The molecule has 26 heavy (non-hydrogen) atoms. The first-order valence-electron chi connectivity index (χ1n) is 8.78. The number of benzene rings is 1. The fourth-order valence-corrected chi connectivity index (χ4v) is 3.59. The van der Waals surface area contributed by atoms with Crippen LogP contribution in [0, 0.1) is 0 Å². The first-order valence-corrected chi connectivity index (χ1v) is 8.78. The Morgan fingerprint density at radius 2 is 2.04 bits per heavy atom. The molecule has 0 unspecified atom stereocenters. The molecule has 1 saturated carbocycles. The zero-order chi connectivity index (χ0) is 18.0. The van der Waals surface area contributed by atoms with Crippen molar-refractivity contribution in [2.24, 2.45) is 0 Å². The molecule has 1 aromatic heterocycles. The van der Waals surface area contributed by atoms with E-state index in [4.69, 9.17) is 4.74 Å². The number of rotatable bonds is 2. The Balaban J connectivity index is 1.42. The first-order chi connectivity index (χ1) is 12.7. The average Bonchev–Trinajstić information content (AvgIpc) is 2.82. The van der Waals surface area contributed by atoms with E-state index < -0.39 is 5.60 Å². The van der Waals surface area contributed by atoms with E-state index in [2.05, 4.69) is 20.6 Å². The van der Waals surface area contributed by atoms with Gasteiger partial charge in [0.15, 0.2) is 0 Å². The highest BCUT2D eigenvalue weighted by molar-refractivity contribution is 5.97. The minimum atomic E-state index is -0.421. The minimum absolute atomic E-state index is 0.0629. The van der Waals surface area contributed by atoms with Crippen LogP contribution in [-0.4, -0.2) is 40.0 Å². The summed E-state index contributed by atoms with van der Waals surface area (Å²) in [5.41, 5.74) is 0.470. The number of hydrogen-bond acceptors (Lipinski definition) is 5. The molecule has 1 fully saturated rings. The largest absolute Gasteiger partial charge is 0.485 e. The number of para-hydroxylation sites is 1. The van der Waals surface area contributed by atoms with Gasteiger partial charge >= 0.3 is 0 Å². The van der Waals surface area contributed by atoms with Gasteiger partial charge < -0.3 is 15.4 Å². The molecule has 0 bridgehead atoms. The molecule has 7 nitrogen and oxygen atoms in total. The van der Waals surface area contributed by atoms with Gasteiger partial charge in [0.2, 0.25) is 0 Å². The third kappa shape index (κ3) is 3.24. The van der Waals surface area contributed by atoms with E-state index in [-0.39, 0.29) is 17.9 Å². The van der Waals surface area contributed by atoms with E-state index >= 15 is 0 Å². The molecular formula is C19H20N4O3. The second-order valence-electron chi connectivity index (χ2n) is 6.80. The Labute approximate surface area is 151 Å². The van der Waals surface area contributed by atoms with Crippen LogP contribution in [-0.2, 0) is 0 Å². The molecule has 0 saturated heterocycles. The number of carbonyl (C=O) groups excluding carboxylic acids is 2. The second-order valence-corrected chi connectivity index (χ2v) is 6.80. The van der Waals surface area contributed by atoms with E-state index in [1.54, 1.807) is 6.07 Å². The fraction of sp³-hybridized carbons (Fsp3) is 0.368. The highest BCUT2D eigenvalue weighted by Crippen LogP contribution is 2.36. The van der Waals surface area contributed by atoms with Gasteiger partial charge in [0.1, 0.15) is 17.0 Å². The van der Waals surface area contributed by atoms with E-state index in [1.165, 1.54) is 18.6 Å². The molecule has 7 heteroatoms. The van der Waals surface area contributed by atoms with Crippen LogP contribution in [0.5, 0.6) is 5.75 Å². The molecule has 1 aromatic carbocycles. The summed E-state index contributed by atoms with van der Waals surface area (Å²) in [4.78, 5) is 32.4. The monoisotopic (exact) mass is 352 g/mol. The van der Waals surface area contributed by atoms with E-state index in [1.807, 2.05) is 18.2 Å². The van der Waals surface area contributed by atoms with Gasteiger partial charge in [-0.15, -0.1) is 0 Å². The van der Waals surface area contributed by atoms with E-state index in [0.29, 0.717) is 23.6 Å². The van der Waals surface area contributed by atoms with Crippen LogP contribution in [0.2, 0.25) is 0 Å². The quantitative estimate of drug-likeness (QED) is 0.858. The molecule has 1 aliphatic carbocycles. The second kappa shape index (κ2) is 6.74. The number of fused-ring (bicyclic) bond motifs is 1. The van der Waals surface area contributed by atoms with Crippen molar-refractivity contribution in [3.8, 4) is 5.75 Å². The summed E-state index contributed by atoms with van der Waals surface area (Å²) in [6, 6.07) is 7.38. The summed E-state index contributed by atoms with van der Waals surface area (Å²) in [5.74, 6) is 0.319. The first kappa shape index (κ1) is 16.5. The lowest BCUT2D eigenvalue weighted by atomic mass is 9.81. The average molecular weight is 352 g/mol. The van der Waals surface area contributed by atoms with Crippen molar-refractivity contribution in [2.45, 2.75) is 37.3 Å². The van der Waals surface area contributed by atoms with Crippen LogP contribution in [0.4, 0.5) is 0 Å². The molecule has 4 rings (SSSR count). The maximum Gasteiger partial charge on any atom is 0.271 e. The topological polar surface area (TPSA) is 93.2 Å². The van der Waals surface area contributed by atoms with Crippen LogP contribution >= 0.6 is 0 Å². The molecule has 2 amide bonds. The van der Waals surface area contributed by atoms with Crippen molar-refractivity contribution in [1.29, 1.82) is 0 Å². The predicted octanol–water partition coefficient (Wildman–Crippen LogP) is 1.71. The number of aromatic nitrogens is 2. The van der Waals surface area contributed by atoms with Crippen LogP contribution in [0.15, 0.2) is 42.9 Å². The number of carbonyl (C=O) groups is 2. The van der Waals surface area contributed by atoms with Crippen molar-refractivity contribution in [1.82, 2.24) is 20.6 Å². The summed E-state index contributed by atoms with van der Waals surface area (Å²) in [6.45, 7) is 0.478. The Hall–Kier alpha value is -2.96. The van der Waals surface area contributed by atoms with Gasteiger partial charge in [-0.25, -0.2) is 4.98 Å². The van der Waals surface area contributed by atoms with Crippen molar-refractivity contribution in [3.63, 3.8) is 0 Å². The summed E-state index contributed by atoms with van der Waals surface area (Å²) in [6.07, 6.45) is 7.58. The molecule has 0 atom stereocenters. The molecule has 1 spiro atoms. The number of hydrogen-bond donors (Lipinski definition) is 2. The highest BCUT2D eigenvalue weighted by Gasteiger charge is 2.40. The fourth-order valence-electron chi connectivity index (χ4n) is 3.59. The Bertz CT molecular complexity index is 817. The van der Waals surface area contributed by atoms with Gasteiger partial charge in [-0.2, -0.15) is 0 Å². The number of nitrogens with zero attached hydrogens (tertiary/aromatic N) is 2. The minimum Gasteiger partial charge on any atom is -0.485 e. The standard InChI is InChI=1S/C19H20N4O3/c24-17-14-3-1-2-4-16(14)26-19(12-22-17)7-5-13(6-8-19)23-18(25)15-11-20-9-10-21-15/h1-4,9-11,13H,5-8,12H2,(H,22,24)(H,23,25). The summed E-state index contributed by atoms with van der Waals surface area (Å²) in [7, 11) is 0. The normalized spacial score (nSPS) is 24.8. The van der Waals surface area contributed by atoms with Crippen molar-refractivity contribution in [3.05, 3.63) is 54.1 Å². The van der Waals surface area contributed by atoms with E-state index in [9.17, 15) is 9.59 Å². The molecule has 2 N–H and O–H groups in total. The van der Waals surface area contributed by atoms with Gasteiger partial charge in [0.25, 0.3) is 11.8 Å². The zero-order valence-electron chi connectivity index (χ0n) is 14.3.